The van der Waals surface area contributed by atoms with Gasteiger partial charge in [-0.2, -0.15) is 0 Å². The molecule has 5 nitrogen and oxygen atoms in total. The van der Waals surface area contributed by atoms with Gasteiger partial charge in [-0.3, -0.25) is 0 Å². The Kier molecular flexibility index (Phi) is 9.12. The average molecular weight is 334 g/mol. The molecule has 0 saturated carbocycles. The van der Waals surface area contributed by atoms with E-state index in [-0.39, 0.29) is 0 Å². The van der Waals surface area contributed by atoms with Crippen molar-refractivity contribution in [2.24, 2.45) is 11.7 Å². The maximum atomic E-state index is 6.29. The predicted molar refractivity (Wildman–Crippen MR) is 90.8 cm³/mol. The summed E-state index contributed by atoms with van der Waals surface area (Å²) in [6.07, 6.45) is 4.19. The summed E-state index contributed by atoms with van der Waals surface area (Å²) in [5, 5.41) is 0. The SMILES string of the molecule is CCOC1(OCC)C(CCCN)CCC[Si]1(OCC)OCC. The summed E-state index contributed by atoms with van der Waals surface area (Å²) >= 11 is 0. The highest BCUT2D eigenvalue weighted by atomic mass is 28.4. The summed E-state index contributed by atoms with van der Waals surface area (Å²) in [6.45, 7) is 11.3. The molecule has 132 valence electrons. The molecule has 2 N–H and O–H groups in total. The molecule has 0 amide bonds. The maximum Gasteiger partial charge on any atom is 0.400 e. The molecule has 0 aromatic carbocycles. The Morgan fingerprint density at radius 2 is 1.59 bits per heavy atom. The normalized spacial score (nSPS) is 23.6. The zero-order chi connectivity index (χ0) is 16.5. The van der Waals surface area contributed by atoms with Crippen molar-refractivity contribution >= 4 is 8.56 Å². The molecule has 0 spiro atoms. The second-order valence-corrected chi connectivity index (χ2v) is 8.95. The van der Waals surface area contributed by atoms with Crippen molar-refractivity contribution in [3.05, 3.63) is 0 Å². The van der Waals surface area contributed by atoms with Gasteiger partial charge in [0.05, 0.1) is 0 Å². The molecule has 0 radical (unpaired) electrons. The van der Waals surface area contributed by atoms with Crippen LogP contribution in [0, 0.1) is 5.92 Å². The van der Waals surface area contributed by atoms with Crippen molar-refractivity contribution in [1.82, 2.24) is 0 Å². The van der Waals surface area contributed by atoms with E-state index in [0.717, 1.165) is 31.7 Å². The van der Waals surface area contributed by atoms with Gasteiger partial charge in [0.25, 0.3) is 0 Å². The van der Waals surface area contributed by atoms with Crippen LogP contribution in [0.25, 0.3) is 0 Å². The Bertz CT molecular complexity index is 286. The molecule has 1 heterocycles. The van der Waals surface area contributed by atoms with Gasteiger partial charge in [0, 0.05) is 32.3 Å². The maximum absolute atomic E-state index is 6.29. The molecule has 1 atom stereocenters. The van der Waals surface area contributed by atoms with E-state index in [1.165, 1.54) is 0 Å². The van der Waals surface area contributed by atoms with Crippen LogP contribution in [-0.4, -0.2) is 46.9 Å². The molecular weight excluding hydrogens is 298 g/mol. The lowest BCUT2D eigenvalue weighted by Gasteiger charge is -2.52. The van der Waals surface area contributed by atoms with Crippen LogP contribution in [0.5, 0.6) is 0 Å². The van der Waals surface area contributed by atoms with E-state index in [1.807, 2.05) is 27.7 Å². The van der Waals surface area contributed by atoms with Crippen LogP contribution in [0.4, 0.5) is 0 Å². The smallest absolute Gasteiger partial charge is 0.391 e. The van der Waals surface area contributed by atoms with Crippen LogP contribution in [0.15, 0.2) is 0 Å². The highest BCUT2D eigenvalue weighted by molar-refractivity contribution is 6.70. The first-order valence-electron chi connectivity index (χ1n) is 8.92. The molecule has 0 aromatic heterocycles. The van der Waals surface area contributed by atoms with E-state index >= 15 is 0 Å². The third-order valence-electron chi connectivity index (χ3n) is 4.36. The average Bonchev–Trinajstić information content (AvgIpc) is 2.50. The zero-order valence-electron chi connectivity index (χ0n) is 14.9. The standard InChI is InChI=1S/C16H35NO4Si/c1-5-18-16(19-6-2)15(11-9-13-17)12-10-14-22(16,20-7-3)21-8-4/h15H,5-14,17H2,1-4H3. The lowest BCUT2D eigenvalue weighted by atomic mass is 9.96. The van der Waals surface area contributed by atoms with Crippen LogP contribution in [0.1, 0.15) is 53.4 Å². The second kappa shape index (κ2) is 10.0. The minimum Gasteiger partial charge on any atom is -0.391 e. The van der Waals surface area contributed by atoms with Gasteiger partial charge in [0.2, 0.25) is 5.41 Å². The molecule has 1 aliphatic rings. The highest BCUT2D eigenvalue weighted by Crippen LogP contribution is 2.47. The molecule has 1 fully saturated rings. The van der Waals surface area contributed by atoms with Gasteiger partial charge >= 0.3 is 8.56 Å². The van der Waals surface area contributed by atoms with Gasteiger partial charge in [0.15, 0.2) is 0 Å². The first kappa shape index (κ1) is 20.1. The Morgan fingerprint density at radius 1 is 1.00 bits per heavy atom. The number of hydrogen-bond donors (Lipinski definition) is 1. The molecule has 6 heteroatoms. The molecule has 0 aromatic rings. The fourth-order valence-corrected chi connectivity index (χ4v) is 8.10. The Labute approximate surface area is 137 Å². The molecule has 1 aliphatic heterocycles. The fraction of sp³-hybridized carbons (Fsp3) is 1.00. The molecule has 1 saturated heterocycles. The van der Waals surface area contributed by atoms with Crippen molar-refractivity contribution in [2.75, 3.05) is 33.0 Å². The van der Waals surface area contributed by atoms with Crippen LogP contribution >= 0.6 is 0 Å². The van der Waals surface area contributed by atoms with Crippen molar-refractivity contribution < 1.29 is 18.3 Å². The van der Waals surface area contributed by atoms with Crippen molar-refractivity contribution in [3.63, 3.8) is 0 Å². The van der Waals surface area contributed by atoms with E-state index in [1.54, 1.807) is 0 Å². The third kappa shape index (κ3) is 4.10. The molecule has 0 aliphatic carbocycles. The minimum absolute atomic E-state index is 0.300. The molecule has 0 bridgehead atoms. The number of ether oxygens (including phenoxy) is 2. The summed E-state index contributed by atoms with van der Waals surface area (Å²) in [4.78, 5) is 0. The molecule has 22 heavy (non-hydrogen) atoms. The van der Waals surface area contributed by atoms with Gasteiger partial charge in [0.1, 0.15) is 0 Å². The number of hydrogen-bond acceptors (Lipinski definition) is 5. The number of nitrogens with two attached hydrogens (primary N) is 1. The van der Waals surface area contributed by atoms with Crippen LogP contribution < -0.4 is 5.73 Å². The van der Waals surface area contributed by atoms with Gasteiger partial charge in [-0.15, -0.1) is 0 Å². The van der Waals surface area contributed by atoms with Gasteiger partial charge < -0.3 is 24.1 Å². The van der Waals surface area contributed by atoms with Gasteiger partial charge in [-0.05, 0) is 59.5 Å². The lowest BCUT2D eigenvalue weighted by molar-refractivity contribution is -0.240. The first-order chi connectivity index (χ1) is 10.7. The summed E-state index contributed by atoms with van der Waals surface area (Å²) in [7, 11) is -2.60. The molecule has 1 rings (SSSR count). The van der Waals surface area contributed by atoms with E-state index in [2.05, 4.69) is 0 Å². The lowest BCUT2D eigenvalue weighted by Crippen LogP contribution is -2.71. The van der Waals surface area contributed by atoms with E-state index in [0.29, 0.717) is 38.9 Å². The van der Waals surface area contributed by atoms with Crippen molar-refractivity contribution in [1.29, 1.82) is 0 Å². The van der Waals surface area contributed by atoms with Crippen LogP contribution in [0.3, 0.4) is 0 Å². The third-order valence-corrected chi connectivity index (χ3v) is 8.64. The Balaban J connectivity index is 3.21. The van der Waals surface area contributed by atoms with Crippen LogP contribution in [0.2, 0.25) is 6.04 Å². The van der Waals surface area contributed by atoms with E-state index in [4.69, 9.17) is 24.1 Å². The van der Waals surface area contributed by atoms with Gasteiger partial charge in [-0.25, -0.2) is 0 Å². The summed E-state index contributed by atoms with van der Waals surface area (Å²) < 4.78 is 25.1. The largest absolute Gasteiger partial charge is 0.400 e. The second-order valence-electron chi connectivity index (χ2n) is 5.67. The van der Waals surface area contributed by atoms with Crippen molar-refractivity contribution in [2.45, 2.75) is 64.8 Å². The predicted octanol–water partition coefficient (Wildman–Crippen LogP) is 2.96. The summed E-state index contributed by atoms with van der Waals surface area (Å²) in [5.41, 5.74) is 5.04. The highest BCUT2D eigenvalue weighted by Gasteiger charge is 2.65. The zero-order valence-corrected chi connectivity index (χ0v) is 15.9. The summed E-state index contributed by atoms with van der Waals surface area (Å²) in [6, 6.07) is 0.938. The van der Waals surface area contributed by atoms with Crippen molar-refractivity contribution in [3.8, 4) is 0 Å². The first-order valence-corrected chi connectivity index (χ1v) is 10.9. The van der Waals surface area contributed by atoms with Crippen LogP contribution in [-0.2, 0) is 18.3 Å². The Morgan fingerprint density at radius 3 is 2.05 bits per heavy atom. The topological polar surface area (TPSA) is 62.9 Å². The molecular formula is C16H35NO4Si. The monoisotopic (exact) mass is 333 g/mol. The summed E-state index contributed by atoms with van der Waals surface area (Å²) in [5.74, 6) is 0.300. The fourth-order valence-electron chi connectivity index (χ4n) is 3.73. The van der Waals surface area contributed by atoms with E-state index in [9.17, 15) is 0 Å². The number of rotatable bonds is 11. The minimum atomic E-state index is -2.60. The van der Waals surface area contributed by atoms with E-state index < -0.39 is 14.0 Å². The molecule has 1 unspecified atom stereocenters. The Hall–Kier alpha value is 0.0169. The van der Waals surface area contributed by atoms with Gasteiger partial charge in [-0.1, -0.05) is 6.42 Å². The quantitative estimate of drug-likeness (QED) is 0.465.